The Morgan fingerprint density at radius 3 is 2.66 bits per heavy atom. The predicted octanol–water partition coefficient (Wildman–Crippen LogP) is 2.24. The molecule has 0 bridgehead atoms. The Balaban J connectivity index is 1.14. The minimum atomic E-state index is 0.0363. The van der Waals surface area contributed by atoms with Gasteiger partial charge in [-0.1, -0.05) is 0 Å². The standard InChI is InChI=1S/C27H35N9O2/c1-32-14-10-21(11-15-32)33(2)25(37)19-5-7-20(8-6-19)29-26-30-24-23(4-3-13-36(24)31-26)34-16-17-35-22(18-34)9-12-28-27(35)38/h3-8,13,21-22H,9-12,14-18H2,1-2H3,(H,28,38)(H,29,31). The van der Waals surface area contributed by atoms with Crippen LogP contribution < -0.4 is 15.5 Å². The van der Waals surface area contributed by atoms with Crippen LogP contribution in [-0.4, -0.2) is 107 Å². The summed E-state index contributed by atoms with van der Waals surface area (Å²) in [6.45, 7) is 4.98. The highest BCUT2D eigenvalue weighted by Gasteiger charge is 2.34. The number of amides is 3. The van der Waals surface area contributed by atoms with Gasteiger partial charge in [0.15, 0.2) is 5.65 Å². The van der Waals surface area contributed by atoms with E-state index >= 15 is 0 Å². The van der Waals surface area contributed by atoms with Crippen LogP contribution in [0.15, 0.2) is 42.6 Å². The molecule has 38 heavy (non-hydrogen) atoms. The monoisotopic (exact) mass is 517 g/mol. The average Bonchev–Trinajstić information content (AvgIpc) is 3.35. The van der Waals surface area contributed by atoms with Crippen LogP contribution in [0.5, 0.6) is 0 Å². The zero-order valence-corrected chi connectivity index (χ0v) is 22.0. The van der Waals surface area contributed by atoms with Gasteiger partial charge < -0.3 is 30.2 Å². The van der Waals surface area contributed by atoms with Crippen LogP contribution in [-0.2, 0) is 0 Å². The molecule has 3 saturated heterocycles. The first-order valence-electron chi connectivity index (χ1n) is 13.4. The maximum absolute atomic E-state index is 13.0. The van der Waals surface area contributed by atoms with Crippen LogP contribution in [0.3, 0.4) is 0 Å². The van der Waals surface area contributed by atoms with Gasteiger partial charge in [-0.15, -0.1) is 5.10 Å². The van der Waals surface area contributed by atoms with Gasteiger partial charge >= 0.3 is 6.03 Å². The third kappa shape index (κ3) is 4.73. The number of carbonyl (C=O) groups excluding carboxylic acids is 2. The molecule has 1 unspecified atom stereocenters. The first-order valence-corrected chi connectivity index (χ1v) is 13.4. The molecule has 0 spiro atoms. The summed E-state index contributed by atoms with van der Waals surface area (Å²) in [7, 11) is 4.03. The minimum Gasteiger partial charge on any atom is -0.365 e. The minimum absolute atomic E-state index is 0.0363. The van der Waals surface area contributed by atoms with Crippen LogP contribution in [0, 0.1) is 0 Å². The Kier molecular flexibility index (Phi) is 6.52. The lowest BCUT2D eigenvalue weighted by Crippen LogP contribution is -2.61. The molecule has 0 saturated carbocycles. The van der Waals surface area contributed by atoms with Gasteiger partial charge in [-0.2, -0.15) is 4.98 Å². The fourth-order valence-corrected chi connectivity index (χ4v) is 5.80. The van der Waals surface area contributed by atoms with Gasteiger partial charge in [0.2, 0.25) is 5.95 Å². The summed E-state index contributed by atoms with van der Waals surface area (Å²) in [6, 6.07) is 12.1. The molecule has 3 aromatic rings. The summed E-state index contributed by atoms with van der Waals surface area (Å²) >= 11 is 0. The van der Waals surface area contributed by atoms with Gasteiger partial charge in [-0.25, -0.2) is 9.31 Å². The highest BCUT2D eigenvalue weighted by Crippen LogP contribution is 2.27. The SMILES string of the molecule is CN1CCC(N(C)C(=O)c2ccc(Nc3nc4c(N5CCN6C(=O)NCCC6C5)cccn4n3)cc2)CC1. The number of benzene rings is 1. The highest BCUT2D eigenvalue weighted by molar-refractivity contribution is 5.94. The Labute approximate surface area is 222 Å². The molecule has 0 aliphatic carbocycles. The van der Waals surface area contributed by atoms with Gasteiger partial charge in [-0.05, 0) is 75.8 Å². The van der Waals surface area contributed by atoms with Crippen molar-refractivity contribution in [2.45, 2.75) is 31.3 Å². The van der Waals surface area contributed by atoms with Crippen molar-refractivity contribution < 1.29 is 9.59 Å². The van der Waals surface area contributed by atoms with Gasteiger partial charge in [-0.3, -0.25) is 4.79 Å². The molecule has 200 valence electrons. The van der Waals surface area contributed by atoms with Crippen molar-refractivity contribution in [3.63, 3.8) is 0 Å². The van der Waals surface area contributed by atoms with Crippen molar-refractivity contribution in [3.05, 3.63) is 48.2 Å². The summed E-state index contributed by atoms with van der Waals surface area (Å²) in [5.74, 6) is 0.549. The van der Waals surface area contributed by atoms with E-state index in [0.29, 0.717) is 18.1 Å². The molecule has 1 atom stereocenters. The van der Waals surface area contributed by atoms with Crippen molar-refractivity contribution in [3.8, 4) is 0 Å². The number of hydrogen-bond donors (Lipinski definition) is 2. The highest BCUT2D eigenvalue weighted by atomic mass is 16.2. The fraction of sp³-hybridized carbons (Fsp3) is 0.481. The molecule has 5 heterocycles. The Hall–Kier alpha value is -3.86. The predicted molar refractivity (Wildman–Crippen MR) is 146 cm³/mol. The van der Waals surface area contributed by atoms with E-state index < -0.39 is 0 Å². The van der Waals surface area contributed by atoms with Crippen molar-refractivity contribution >= 4 is 34.9 Å². The molecule has 0 radical (unpaired) electrons. The smallest absolute Gasteiger partial charge is 0.317 e. The van der Waals surface area contributed by atoms with E-state index in [9.17, 15) is 9.59 Å². The summed E-state index contributed by atoms with van der Waals surface area (Å²) in [5, 5.41) is 10.8. The first-order chi connectivity index (χ1) is 18.5. The van der Waals surface area contributed by atoms with Crippen LogP contribution in [0.2, 0.25) is 0 Å². The quantitative estimate of drug-likeness (QED) is 0.535. The molecular formula is C27H35N9O2. The zero-order chi connectivity index (χ0) is 26.2. The molecule has 11 heteroatoms. The van der Waals surface area contributed by atoms with Crippen molar-refractivity contribution in [2.24, 2.45) is 0 Å². The first kappa shape index (κ1) is 24.5. The third-order valence-corrected chi connectivity index (χ3v) is 8.12. The molecule has 1 aromatic carbocycles. The number of pyridine rings is 1. The molecule has 3 aliphatic heterocycles. The number of anilines is 3. The number of fused-ring (bicyclic) bond motifs is 2. The maximum atomic E-state index is 13.0. The number of piperazine rings is 1. The van der Waals surface area contributed by atoms with E-state index in [-0.39, 0.29) is 24.0 Å². The zero-order valence-electron chi connectivity index (χ0n) is 22.0. The van der Waals surface area contributed by atoms with Crippen LogP contribution in [0.1, 0.15) is 29.6 Å². The summed E-state index contributed by atoms with van der Waals surface area (Å²) in [4.78, 5) is 38.4. The lowest BCUT2D eigenvalue weighted by molar-refractivity contribution is 0.0659. The normalized spacial score (nSPS) is 20.8. The van der Waals surface area contributed by atoms with E-state index in [0.717, 1.165) is 69.0 Å². The second-order valence-corrected chi connectivity index (χ2v) is 10.6. The largest absolute Gasteiger partial charge is 0.365 e. The molecule has 2 N–H and O–H groups in total. The topological polar surface area (TPSA) is 101 Å². The van der Waals surface area contributed by atoms with E-state index in [4.69, 9.17) is 4.98 Å². The lowest BCUT2D eigenvalue weighted by Gasteiger charge is -2.44. The van der Waals surface area contributed by atoms with Crippen molar-refractivity contribution in [2.75, 3.05) is 63.6 Å². The fourth-order valence-electron chi connectivity index (χ4n) is 5.80. The average molecular weight is 518 g/mol. The van der Waals surface area contributed by atoms with Gasteiger partial charge in [0.05, 0.1) is 11.7 Å². The number of urea groups is 1. The number of aromatic nitrogens is 3. The molecule has 11 nitrogen and oxygen atoms in total. The van der Waals surface area contributed by atoms with Gasteiger partial charge in [0, 0.05) is 56.7 Å². The summed E-state index contributed by atoms with van der Waals surface area (Å²) in [6.07, 6.45) is 4.84. The number of rotatable bonds is 5. The number of nitrogens with one attached hydrogen (secondary N) is 2. The number of carbonyl (C=O) groups is 2. The van der Waals surface area contributed by atoms with Gasteiger partial charge in [0.25, 0.3) is 5.91 Å². The van der Waals surface area contributed by atoms with Crippen LogP contribution in [0.25, 0.3) is 5.65 Å². The van der Waals surface area contributed by atoms with Crippen molar-refractivity contribution in [1.82, 2.24) is 34.6 Å². The second-order valence-electron chi connectivity index (χ2n) is 10.6. The molecule has 3 fully saturated rings. The molecule has 6 rings (SSSR count). The Bertz CT molecular complexity index is 1320. The van der Waals surface area contributed by atoms with E-state index in [2.05, 4.69) is 38.6 Å². The second kappa shape index (κ2) is 10.1. The third-order valence-electron chi connectivity index (χ3n) is 8.12. The number of likely N-dealkylation sites (tertiary alicyclic amines) is 1. The molecule has 3 aliphatic rings. The number of nitrogens with zero attached hydrogens (tertiary/aromatic N) is 7. The number of hydrogen-bond acceptors (Lipinski definition) is 7. The summed E-state index contributed by atoms with van der Waals surface area (Å²) in [5.41, 5.74) is 3.28. The van der Waals surface area contributed by atoms with E-state index in [1.165, 1.54) is 0 Å². The summed E-state index contributed by atoms with van der Waals surface area (Å²) < 4.78 is 1.78. The number of piperidine rings is 1. The van der Waals surface area contributed by atoms with Gasteiger partial charge in [0.1, 0.15) is 0 Å². The Morgan fingerprint density at radius 2 is 1.87 bits per heavy atom. The maximum Gasteiger partial charge on any atom is 0.317 e. The van der Waals surface area contributed by atoms with Crippen molar-refractivity contribution in [1.29, 1.82) is 0 Å². The van der Waals surface area contributed by atoms with E-state index in [1.807, 2.05) is 53.4 Å². The lowest BCUT2D eigenvalue weighted by atomic mass is 10.0. The molecular weight excluding hydrogens is 482 g/mol. The Morgan fingerprint density at radius 1 is 1.08 bits per heavy atom. The van der Waals surface area contributed by atoms with Crippen LogP contribution in [0.4, 0.5) is 22.1 Å². The molecule has 2 aromatic heterocycles. The van der Waals surface area contributed by atoms with E-state index in [1.54, 1.807) is 4.52 Å². The molecule has 3 amide bonds. The van der Waals surface area contributed by atoms with Crippen LogP contribution >= 0.6 is 0 Å².